The number of hydrogen-bond donors (Lipinski definition) is 2. The molecule has 1 aromatic carbocycles. The van der Waals surface area contributed by atoms with Gasteiger partial charge in [-0.05, 0) is 16.7 Å². The summed E-state index contributed by atoms with van der Waals surface area (Å²) in [5, 5.41) is 9.29. The van der Waals surface area contributed by atoms with E-state index in [0.29, 0.717) is 11.7 Å². The molecule has 0 aliphatic carbocycles. The smallest absolute Gasteiger partial charge is 0.481 e. The predicted molar refractivity (Wildman–Crippen MR) is 61.5 cm³/mol. The van der Waals surface area contributed by atoms with E-state index in [2.05, 4.69) is 0 Å². The van der Waals surface area contributed by atoms with Crippen molar-refractivity contribution in [1.82, 2.24) is 0 Å². The molecular weight excluding hydrogens is 230 g/mol. The average molecular weight is 243 g/mol. The molecule has 0 aromatic heterocycles. The number of hydrogen-bond acceptors (Lipinski definition) is 2. The van der Waals surface area contributed by atoms with E-state index in [9.17, 15) is 9.36 Å². The van der Waals surface area contributed by atoms with Crippen molar-refractivity contribution in [3.8, 4) is 0 Å². The fraction of sp³-hybridized carbons (Fsp3) is 0.222. The highest BCUT2D eigenvalue weighted by Gasteiger charge is 2.12. The first-order valence-corrected chi connectivity index (χ1v) is 7.13. The number of carbonyl (C=O) groups is 1. The maximum absolute atomic E-state index is 10.3. The highest BCUT2D eigenvalue weighted by Crippen LogP contribution is 2.10. The Balaban J connectivity index is 0.000000288. The van der Waals surface area contributed by atoms with E-state index in [1.165, 1.54) is 0 Å². The molecule has 4 nitrogen and oxygen atoms in total. The Morgan fingerprint density at radius 2 is 1.87 bits per heavy atom. The minimum absolute atomic E-state index is 0.353. The maximum Gasteiger partial charge on any atom is 0.546 e. The van der Waals surface area contributed by atoms with Gasteiger partial charge in [0.05, 0.1) is 0 Å². The summed E-state index contributed by atoms with van der Waals surface area (Å²) in [4.78, 5) is 18.2. The van der Waals surface area contributed by atoms with Gasteiger partial charge >= 0.3 is 14.0 Å². The summed E-state index contributed by atoms with van der Waals surface area (Å²) < 4.78 is 10.3. The van der Waals surface area contributed by atoms with Crippen LogP contribution in [0.4, 0.5) is 0 Å². The summed E-state index contributed by atoms with van der Waals surface area (Å²) >= 11 is 1.01. The molecule has 1 aromatic rings. The molecule has 0 heterocycles. The van der Waals surface area contributed by atoms with Gasteiger partial charge in [-0.1, -0.05) is 23.5 Å². The zero-order valence-corrected chi connectivity index (χ0v) is 11.4. The molecule has 15 heavy (non-hydrogen) atoms. The van der Waals surface area contributed by atoms with E-state index in [-0.39, 0.29) is 0 Å². The lowest BCUT2D eigenvalue weighted by Crippen LogP contribution is -1.91. The molecule has 0 bridgehead atoms. The van der Waals surface area contributed by atoms with Gasteiger partial charge in [-0.2, -0.15) is 4.89 Å². The normalized spacial score (nSPS) is 9.80. The second-order valence-corrected chi connectivity index (χ2v) is 4.81. The van der Waals surface area contributed by atoms with Gasteiger partial charge in [0.2, 0.25) is 21.6 Å². The molecule has 6 heteroatoms. The lowest BCUT2D eigenvalue weighted by molar-refractivity contribution is -0.136. The number of carboxylic acid groups (broad SMARTS) is 1. The van der Waals surface area contributed by atoms with Crippen molar-refractivity contribution in [1.29, 1.82) is 0 Å². The van der Waals surface area contributed by atoms with Gasteiger partial charge in [-0.3, -0.25) is 4.79 Å². The Kier molecular flexibility index (Phi) is 8.17. The molecule has 1 atom stereocenters. The molecule has 0 aliphatic rings. The Bertz CT molecular complexity index is 315. The van der Waals surface area contributed by atoms with Crippen LogP contribution in [0.15, 0.2) is 30.3 Å². The van der Waals surface area contributed by atoms with Crippen LogP contribution in [0, 0.1) is 0 Å². The van der Waals surface area contributed by atoms with Gasteiger partial charge in [-0.25, -0.2) is 0 Å². The Hall–Kier alpha value is -0.718. The van der Waals surface area contributed by atoms with Gasteiger partial charge < -0.3 is 5.11 Å². The van der Waals surface area contributed by atoms with E-state index in [1.807, 2.05) is 6.07 Å². The summed E-state index contributed by atoms with van der Waals surface area (Å²) in [6.45, 7) is 0. The van der Waals surface area contributed by atoms with Crippen LogP contribution in [0.3, 0.4) is 0 Å². The van der Waals surface area contributed by atoms with Crippen LogP contribution in [0.25, 0.3) is 0 Å². The summed E-state index contributed by atoms with van der Waals surface area (Å²) in [5.41, 5.74) is 0. The number of carboxylic acids is 1. The van der Waals surface area contributed by atoms with Crippen molar-refractivity contribution in [3.63, 3.8) is 0 Å². The minimum atomic E-state index is -2.15. The van der Waals surface area contributed by atoms with Gasteiger partial charge in [0.15, 0.2) is 0 Å². The molecule has 0 spiro atoms. The third-order valence-corrected chi connectivity index (χ3v) is 2.68. The first-order chi connectivity index (χ1) is 7.07. The number of benzene rings is 1. The zero-order chi connectivity index (χ0) is 11.7. The van der Waals surface area contributed by atoms with Crippen molar-refractivity contribution >= 4 is 35.6 Å². The molecule has 80 valence electrons. The SMILES string of the molecule is O=C(O)C[CH2][AlH2].O=[P+](O)c1ccccc1. The lowest BCUT2D eigenvalue weighted by Gasteiger charge is -1.79. The molecule has 0 aliphatic heterocycles. The fourth-order valence-corrected chi connectivity index (χ4v) is 1.62. The third kappa shape index (κ3) is 8.29. The Morgan fingerprint density at radius 1 is 1.33 bits per heavy atom. The summed E-state index contributed by atoms with van der Waals surface area (Å²) in [7, 11) is -2.15. The minimum Gasteiger partial charge on any atom is -0.481 e. The molecule has 2 N–H and O–H groups in total. The fourth-order valence-electron chi connectivity index (χ4n) is 0.769. The molecule has 1 unspecified atom stereocenters. The van der Waals surface area contributed by atoms with Crippen molar-refractivity contribution < 1.29 is 19.4 Å². The second kappa shape index (κ2) is 8.58. The molecule has 0 amide bonds. The van der Waals surface area contributed by atoms with E-state index in [4.69, 9.17) is 10.00 Å². The molecular formula is C9H13AlO4P+. The Labute approximate surface area is 97.2 Å². The van der Waals surface area contributed by atoms with Crippen molar-refractivity contribution in [3.05, 3.63) is 30.3 Å². The van der Waals surface area contributed by atoms with Gasteiger partial charge in [0, 0.05) is 6.42 Å². The monoisotopic (exact) mass is 243 g/mol. The lowest BCUT2D eigenvalue weighted by atomic mass is 10.4. The van der Waals surface area contributed by atoms with Crippen LogP contribution in [-0.2, 0) is 9.36 Å². The molecule has 0 fully saturated rings. The van der Waals surface area contributed by atoms with Crippen LogP contribution in [-0.4, -0.2) is 32.3 Å². The highest BCUT2D eigenvalue weighted by atomic mass is 31.1. The van der Waals surface area contributed by atoms with Crippen LogP contribution in [0.2, 0.25) is 5.28 Å². The Morgan fingerprint density at radius 3 is 2.07 bits per heavy atom. The quantitative estimate of drug-likeness (QED) is 0.600. The van der Waals surface area contributed by atoms with Crippen molar-refractivity contribution in [2.45, 2.75) is 11.7 Å². The highest BCUT2D eigenvalue weighted by molar-refractivity contribution is 7.47. The van der Waals surface area contributed by atoms with E-state index < -0.39 is 14.0 Å². The number of rotatable bonds is 3. The second-order valence-electron chi connectivity index (χ2n) is 2.75. The topological polar surface area (TPSA) is 74.6 Å². The van der Waals surface area contributed by atoms with Crippen molar-refractivity contribution in [2.24, 2.45) is 0 Å². The molecule has 0 radical (unpaired) electrons. The van der Waals surface area contributed by atoms with Crippen LogP contribution >= 0.6 is 8.03 Å². The first kappa shape index (κ1) is 14.3. The first-order valence-electron chi connectivity index (χ1n) is 4.51. The maximum atomic E-state index is 10.3. The summed E-state index contributed by atoms with van der Waals surface area (Å²) in [5.74, 6) is -0.676. The van der Waals surface area contributed by atoms with E-state index >= 15 is 0 Å². The van der Waals surface area contributed by atoms with Crippen molar-refractivity contribution in [2.75, 3.05) is 0 Å². The third-order valence-electron chi connectivity index (χ3n) is 1.44. The summed E-state index contributed by atoms with van der Waals surface area (Å²) in [6, 6.07) is 8.53. The summed E-state index contributed by atoms with van der Waals surface area (Å²) in [6.07, 6.45) is 0.353. The molecule has 0 saturated carbocycles. The standard InChI is InChI=1S/C6H5O2P.C3H5O2.Al.2H/c7-9(8)6-4-2-1-3-5-6;1-2-3(4)5;;;/h1-5H;1-2H2,(H,4,5);;;/p+1. The predicted octanol–water partition coefficient (Wildman–Crippen LogP) is 0.559. The van der Waals surface area contributed by atoms with Crippen LogP contribution in [0.1, 0.15) is 6.42 Å². The van der Waals surface area contributed by atoms with Crippen LogP contribution in [0.5, 0.6) is 0 Å². The van der Waals surface area contributed by atoms with Gasteiger partial charge in [-0.15, -0.1) is 0 Å². The zero-order valence-electron chi connectivity index (χ0n) is 8.46. The molecule has 0 saturated heterocycles. The van der Waals surface area contributed by atoms with E-state index in [0.717, 1.165) is 21.6 Å². The van der Waals surface area contributed by atoms with E-state index in [1.54, 1.807) is 24.3 Å². The van der Waals surface area contributed by atoms with Gasteiger partial charge in [0.1, 0.15) is 0 Å². The molecule has 1 rings (SSSR count). The van der Waals surface area contributed by atoms with Gasteiger partial charge in [0.25, 0.3) is 0 Å². The number of aliphatic carboxylic acids is 1. The average Bonchev–Trinajstić information content (AvgIpc) is 2.20. The largest absolute Gasteiger partial charge is 0.546 e. The van der Waals surface area contributed by atoms with Crippen LogP contribution < -0.4 is 5.30 Å².